The first kappa shape index (κ1) is 27.1. The Balaban J connectivity index is 1.78. The van der Waals surface area contributed by atoms with Gasteiger partial charge in [-0.05, 0) is 66.7 Å². The van der Waals surface area contributed by atoms with Gasteiger partial charge in [-0.1, -0.05) is 27.2 Å². The first-order chi connectivity index (χ1) is 16.7. The molecule has 0 spiro atoms. The van der Waals surface area contributed by atoms with Crippen LogP contribution in [0, 0.1) is 17.8 Å². The molecule has 1 aromatic rings. The monoisotopic (exact) mass is 490 g/mol. The quantitative estimate of drug-likeness (QED) is 0.512. The fraction of sp³-hybridized carbons (Fsp3) is 0.704. The maximum absolute atomic E-state index is 12.8. The van der Waals surface area contributed by atoms with E-state index in [0.29, 0.717) is 31.3 Å². The minimum absolute atomic E-state index is 0.199. The van der Waals surface area contributed by atoms with E-state index in [9.17, 15) is 14.7 Å². The lowest BCUT2D eigenvalue weighted by molar-refractivity contribution is -0.142. The molecule has 1 aromatic carbocycles. The third-order valence-corrected chi connectivity index (χ3v) is 7.57. The van der Waals surface area contributed by atoms with Crippen molar-refractivity contribution in [2.75, 3.05) is 41.0 Å². The van der Waals surface area contributed by atoms with Gasteiger partial charge >= 0.3 is 12.1 Å². The smallest absolute Gasteiger partial charge is 0.410 e. The summed E-state index contributed by atoms with van der Waals surface area (Å²) in [5.41, 5.74) is 2.55. The molecular formula is C27H42N2O6. The Labute approximate surface area is 209 Å². The highest BCUT2D eigenvalue weighted by molar-refractivity contribution is 5.79. The lowest BCUT2D eigenvalue weighted by Crippen LogP contribution is -2.48. The Morgan fingerprint density at radius 3 is 2.46 bits per heavy atom. The average Bonchev–Trinajstić information content (AvgIpc) is 2.83. The molecule has 0 saturated carbocycles. The molecule has 1 fully saturated rings. The minimum Gasteiger partial charge on any atom is -0.493 e. The maximum Gasteiger partial charge on any atom is 0.410 e. The van der Waals surface area contributed by atoms with Gasteiger partial charge in [-0.3, -0.25) is 9.80 Å². The average molecular weight is 491 g/mol. The van der Waals surface area contributed by atoms with Crippen molar-refractivity contribution in [1.82, 2.24) is 9.80 Å². The van der Waals surface area contributed by atoms with Crippen molar-refractivity contribution >= 4 is 12.1 Å². The highest BCUT2D eigenvalue weighted by Crippen LogP contribution is 2.45. The fourth-order valence-electron chi connectivity index (χ4n) is 5.74. The van der Waals surface area contributed by atoms with E-state index in [0.717, 1.165) is 43.9 Å². The predicted molar refractivity (Wildman–Crippen MR) is 134 cm³/mol. The number of carboxylic acid groups (broad SMARTS) is 1. The highest BCUT2D eigenvalue weighted by atomic mass is 16.6. The number of piperidine rings is 1. The SMILES string of the molecule is CCCC(C(=O)O)N(C)C(=O)OC[C@@H]1C[C@@H]2c3cc(OC)c(OC)cc3CCN2C[C@H]1CC(C)C. The number of hydrogen-bond acceptors (Lipinski definition) is 6. The van der Waals surface area contributed by atoms with Gasteiger partial charge in [0.15, 0.2) is 11.5 Å². The molecule has 3 rings (SSSR count). The van der Waals surface area contributed by atoms with Crippen molar-refractivity contribution in [3.8, 4) is 11.5 Å². The van der Waals surface area contributed by atoms with Crippen LogP contribution in [0.1, 0.15) is 63.6 Å². The van der Waals surface area contributed by atoms with Crippen molar-refractivity contribution in [2.24, 2.45) is 17.8 Å². The summed E-state index contributed by atoms with van der Waals surface area (Å²) in [6.07, 6.45) is 3.44. The van der Waals surface area contributed by atoms with E-state index in [2.05, 4.69) is 30.9 Å². The minimum atomic E-state index is -1.000. The number of carboxylic acids is 1. The zero-order chi connectivity index (χ0) is 25.7. The molecule has 196 valence electrons. The number of fused-ring (bicyclic) bond motifs is 3. The lowest BCUT2D eigenvalue weighted by Gasteiger charge is -2.47. The second kappa shape index (κ2) is 12.0. The van der Waals surface area contributed by atoms with E-state index in [4.69, 9.17) is 14.2 Å². The summed E-state index contributed by atoms with van der Waals surface area (Å²) >= 11 is 0. The van der Waals surface area contributed by atoms with Gasteiger partial charge in [-0.15, -0.1) is 0 Å². The third-order valence-electron chi connectivity index (χ3n) is 7.57. The molecule has 1 saturated heterocycles. The van der Waals surface area contributed by atoms with Crippen molar-refractivity contribution in [2.45, 2.75) is 65.0 Å². The normalized spacial score (nSPS) is 22.7. The summed E-state index contributed by atoms with van der Waals surface area (Å²) in [6.45, 7) is 8.62. The van der Waals surface area contributed by atoms with E-state index in [1.807, 2.05) is 6.92 Å². The second-order valence-corrected chi connectivity index (χ2v) is 10.4. The van der Waals surface area contributed by atoms with Crippen molar-refractivity contribution in [1.29, 1.82) is 0 Å². The molecule has 0 bridgehead atoms. The molecule has 0 aliphatic carbocycles. The van der Waals surface area contributed by atoms with Gasteiger partial charge in [-0.25, -0.2) is 9.59 Å². The number of carbonyl (C=O) groups is 2. The molecule has 2 aliphatic heterocycles. The van der Waals surface area contributed by atoms with Gasteiger partial charge in [-0.2, -0.15) is 0 Å². The number of ether oxygens (including phenoxy) is 3. The Morgan fingerprint density at radius 2 is 1.86 bits per heavy atom. The molecule has 2 aliphatic rings. The number of carbonyl (C=O) groups excluding carboxylic acids is 1. The molecule has 8 nitrogen and oxygen atoms in total. The summed E-state index contributed by atoms with van der Waals surface area (Å²) in [5, 5.41) is 9.51. The zero-order valence-electron chi connectivity index (χ0n) is 22.1. The molecule has 1 N–H and O–H groups in total. The Kier molecular flexibility index (Phi) is 9.27. The summed E-state index contributed by atoms with van der Waals surface area (Å²) < 4.78 is 16.8. The van der Waals surface area contributed by atoms with Gasteiger partial charge in [0.05, 0.1) is 20.8 Å². The second-order valence-electron chi connectivity index (χ2n) is 10.4. The maximum atomic E-state index is 12.8. The van der Waals surface area contributed by atoms with Crippen LogP contribution < -0.4 is 9.47 Å². The van der Waals surface area contributed by atoms with Crippen molar-refractivity contribution < 1.29 is 28.9 Å². The summed E-state index contributed by atoms with van der Waals surface area (Å²) in [7, 11) is 4.83. The highest BCUT2D eigenvalue weighted by Gasteiger charge is 2.40. The topological polar surface area (TPSA) is 88.5 Å². The van der Waals surface area contributed by atoms with Crippen LogP contribution >= 0.6 is 0 Å². The van der Waals surface area contributed by atoms with Crippen LogP contribution in [0.2, 0.25) is 0 Å². The van der Waals surface area contributed by atoms with E-state index in [1.165, 1.54) is 23.1 Å². The van der Waals surface area contributed by atoms with Crippen LogP contribution in [0.3, 0.4) is 0 Å². The number of aliphatic carboxylic acids is 1. The lowest BCUT2D eigenvalue weighted by atomic mass is 9.74. The van der Waals surface area contributed by atoms with Gasteiger partial charge in [0, 0.05) is 26.2 Å². The molecule has 0 aromatic heterocycles. The standard InChI is InChI=1S/C27H42N2O6/c1-7-8-22(26(30)31)28(4)27(32)35-16-20-12-23-21-14-25(34-6)24(33-5)13-18(21)9-10-29(23)15-19(20)11-17(2)3/h13-14,17,19-20,22-23H,7-12,15-16H2,1-6H3,(H,30,31)/t19-,20+,22?,23-/m1/s1. The van der Waals surface area contributed by atoms with Crippen LogP contribution in [-0.2, 0) is 16.0 Å². The molecule has 2 heterocycles. The van der Waals surface area contributed by atoms with Crippen molar-refractivity contribution in [3.05, 3.63) is 23.3 Å². The van der Waals surface area contributed by atoms with Crippen LogP contribution in [0.5, 0.6) is 11.5 Å². The van der Waals surface area contributed by atoms with Crippen LogP contribution in [0.25, 0.3) is 0 Å². The number of nitrogens with zero attached hydrogens (tertiary/aromatic N) is 2. The number of likely N-dealkylation sites (N-methyl/N-ethyl adjacent to an activating group) is 1. The largest absolute Gasteiger partial charge is 0.493 e. The summed E-state index contributed by atoms with van der Waals surface area (Å²) in [4.78, 5) is 28.2. The number of rotatable bonds is 10. The number of benzene rings is 1. The summed E-state index contributed by atoms with van der Waals surface area (Å²) in [6, 6.07) is 3.56. The molecular weight excluding hydrogens is 448 g/mol. The molecule has 4 atom stereocenters. The number of amides is 1. The van der Waals surface area contributed by atoms with E-state index in [1.54, 1.807) is 14.2 Å². The molecule has 8 heteroatoms. The Hall–Kier alpha value is -2.48. The third kappa shape index (κ3) is 6.21. The molecule has 1 amide bonds. The summed E-state index contributed by atoms with van der Waals surface area (Å²) in [5.74, 6) is 1.64. The zero-order valence-corrected chi connectivity index (χ0v) is 22.1. The van der Waals surface area contributed by atoms with Gasteiger partial charge in [0.1, 0.15) is 6.04 Å². The number of methoxy groups -OCH3 is 2. The Morgan fingerprint density at radius 1 is 1.17 bits per heavy atom. The van der Waals surface area contributed by atoms with E-state index >= 15 is 0 Å². The van der Waals surface area contributed by atoms with Crippen molar-refractivity contribution in [3.63, 3.8) is 0 Å². The van der Waals surface area contributed by atoms with E-state index in [-0.39, 0.29) is 12.0 Å². The first-order valence-electron chi connectivity index (χ1n) is 12.8. The molecule has 1 unspecified atom stereocenters. The number of hydrogen-bond donors (Lipinski definition) is 1. The fourth-order valence-corrected chi connectivity index (χ4v) is 5.74. The Bertz CT molecular complexity index is 889. The first-order valence-corrected chi connectivity index (χ1v) is 12.8. The molecule has 35 heavy (non-hydrogen) atoms. The predicted octanol–water partition coefficient (Wildman–Crippen LogP) is 4.61. The van der Waals surface area contributed by atoms with E-state index < -0.39 is 18.1 Å². The van der Waals surface area contributed by atoms with Crippen LogP contribution in [0.4, 0.5) is 4.79 Å². The van der Waals surface area contributed by atoms with Gasteiger partial charge in [0.25, 0.3) is 0 Å². The van der Waals surface area contributed by atoms with Crippen LogP contribution in [0.15, 0.2) is 12.1 Å². The van der Waals surface area contributed by atoms with Gasteiger partial charge < -0.3 is 19.3 Å². The van der Waals surface area contributed by atoms with Crippen LogP contribution in [-0.4, -0.2) is 74.0 Å². The molecule has 0 radical (unpaired) electrons. The van der Waals surface area contributed by atoms with Gasteiger partial charge in [0.2, 0.25) is 0 Å².